The smallest absolute Gasteiger partial charge is 0.330 e. The molecule has 24 heavy (non-hydrogen) atoms. The fraction of sp³-hybridized carbons (Fsp3) is 0.722. The van der Waals surface area contributed by atoms with Crippen molar-refractivity contribution in [1.29, 1.82) is 0 Å². The van der Waals surface area contributed by atoms with Gasteiger partial charge in [-0.2, -0.15) is 5.10 Å². The third-order valence-electron chi connectivity index (χ3n) is 4.83. The number of methoxy groups -OCH3 is 1. The van der Waals surface area contributed by atoms with E-state index in [1.807, 2.05) is 27.7 Å². The summed E-state index contributed by atoms with van der Waals surface area (Å²) in [4.78, 5) is 27.2. The summed E-state index contributed by atoms with van der Waals surface area (Å²) in [6.45, 7) is 11.0. The minimum Gasteiger partial charge on any atom is -0.467 e. The van der Waals surface area contributed by atoms with Gasteiger partial charge in [0.05, 0.1) is 12.8 Å². The lowest BCUT2D eigenvalue weighted by atomic mass is 10.0. The standard InChI is InChI=1S/C18H29N3O3/c1-12(2)11-16(18(23)24-5)21-17(22)14(4)13(3)15(19-21)7-10-20-8-6-9-20/h12,16H,6-11H2,1-5H3. The van der Waals surface area contributed by atoms with Gasteiger partial charge in [0.15, 0.2) is 6.04 Å². The zero-order chi connectivity index (χ0) is 17.9. The summed E-state index contributed by atoms with van der Waals surface area (Å²) in [7, 11) is 1.35. The molecule has 1 aromatic rings. The zero-order valence-corrected chi connectivity index (χ0v) is 15.5. The van der Waals surface area contributed by atoms with Crippen molar-refractivity contribution < 1.29 is 9.53 Å². The molecule has 1 aromatic heterocycles. The second kappa shape index (κ2) is 7.92. The molecule has 6 heteroatoms. The molecular formula is C18H29N3O3. The molecule has 1 saturated heterocycles. The van der Waals surface area contributed by atoms with E-state index in [-0.39, 0.29) is 11.5 Å². The Balaban J connectivity index is 2.36. The predicted molar refractivity (Wildman–Crippen MR) is 93.2 cm³/mol. The predicted octanol–water partition coefficient (Wildman–Crippen LogP) is 1.87. The minimum absolute atomic E-state index is 0.198. The Bertz CT molecular complexity index is 648. The van der Waals surface area contributed by atoms with E-state index in [2.05, 4.69) is 10.00 Å². The van der Waals surface area contributed by atoms with Gasteiger partial charge < -0.3 is 9.64 Å². The molecule has 1 atom stereocenters. The molecule has 0 aromatic carbocycles. The summed E-state index contributed by atoms with van der Waals surface area (Å²) < 4.78 is 6.26. The first-order valence-corrected chi connectivity index (χ1v) is 8.74. The summed E-state index contributed by atoms with van der Waals surface area (Å²) in [6.07, 6.45) is 2.58. The van der Waals surface area contributed by atoms with E-state index in [0.717, 1.165) is 37.3 Å². The van der Waals surface area contributed by atoms with Gasteiger partial charge in [0.2, 0.25) is 0 Å². The third-order valence-corrected chi connectivity index (χ3v) is 4.83. The number of hydrogen-bond acceptors (Lipinski definition) is 5. The van der Waals surface area contributed by atoms with Crippen molar-refractivity contribution in [1.82, 2.24) is 14.7 Å². The van der Waals surface area contributed by atoms with Crippen molar-refractivity contribution >= 4 is 5.97 Å². The molecule has 6 nitrogen and oxygen atoms in total. The molecule has 1 fully saturated rings. The number of esters is 1. The number of carbonyl (C=O) groups is 1. The number of likely N-dealkylation sites (tertiary alicyclic amines) is 1. The Morgan fingerprint density at radius 2 is 1.92 bits per heavy atom. The lowest BCUT2D eigenvalue weighted by Crippen LogP contribution is -2.39. The van der Waals surface area contributed by atoms with E-state index in [9.17, 15) is 9.59 Å². The topological polar surface area (TPSA) is 64.4 Å². The number of nitrogens with zero attached hydrogens (tertiary/aromatic N) is 3. The molecule has 134 valence electrons. The Labute approximate surface area is 143 Å². The van der Waals surface area contributed by atoms with Crippen molar-refractivity contribution in [3.05, 3.63) is 27.2 Å². The van der Waals surface area contributed by atoms with Crippen LogP contribution in [0, 0.1) is 19.8 Å². The van der Waals surface area contributed by atoms with E-state index in [4.69, 9.17) is 4.74 Å². The quantitative estimate of drug-likeness (QED) is 0.712. The lowest BCUT2D eigenvalue weighted by Gasteiger charge is -2.30. The maximum Gasteiger partial charge on any atom is 0.330 e. The van der Waals surface area contributed by atoms with Crippen molar-refractivity contribution in [3.63, 3.8) is 0 Å². The van der Waals surface area contributed by atoms with E-state index in [0.29, 0.717) is 12.0 Å². The highest BCUT2D eigenvalue weighted by Gasteiger charge is 2.26. The fourth-order valence-corrected chi connectivity index (χ4v) is 3.00. The first-order valence-electron chi connectivity index (χ1n) is 8.74. The summed E-state index contributed by atoms with van der Waals surface area (Å²) in [6, 6.07) is -0.662. The maximum atomic E-state index is 12.7. The lowest BCUT2D eigenvalue weighted by molar-refractivity contribution is -0.145. The number of carbonyl (C=O) groups excluding carboxylic acids is 1. The molecule has 1 unspecified atom stereocenters. The summed E-state index contributed by atoms with van der Waals surface area (Å²) >= 11 is 0. The molecular weight excluding hydrogens is 306 g/mol. The van der Waals surface area contributed by atoms with E-state index < -0.39 is 12.0 Å². The highest BCUT2D eigenvalue weighted by atomic mass is 16.5. The Hall–Kier alpha value is -1.69. The normalized spacial score (nSPS) is 16.1. The van der Waals surface area contributed by atoms with E-state index in [1.54, 1.807) is 0 Å². The SMILES string of the molecule is COC(=O)C(CC(C)C)n1nc(CCN2CCC2)c(C)c(C)c1=O. The fourth-order valence-electron chi connectivity index (χ4n) is 3.00. The largest absolute Gasteiger partial charge is 0.467 e. The summed E-state index contributed by atoms with van der Waals surface area (Å²) in [5.74, 6) is -0.149. The van der Waals surface area contributed by atoms with Gasteiger partial charge in [-0.3, -0.25) is 4.79 Å². The van der Waals surface area contributed by atoms with Crippen LogP contribution >= 0.6 is 0 Å². The van der Waals surface area contributed by atoms with Gasteiger partial charge in [-0.1, -0.05) is 13.8 Å². The molecule has 0 amide bonds. The average Bonchev–Trinajstić information content (AvgIpc) is 2.50. The van der Waals surface area contributed by atoms with Crippen LogP contribution in [0.5, 0.6) is 0 Å². The molecule has 0 N–H and O–H groups in total. The van der Waals surface area contributed by atoms with Gasteiger partial charge in [0.1, 0.15) is 0 Å². The Morgan fingerprint density at radius 3 is 2.42 bits per heavy atom. The highest BCUT2D eigenvalue weighted by molar-refractivity contribution is 5.73. The number of ether oxygens (including phenoxy) is 1. The van der Waals surface area contributed by atoms with Crippen molar-refractivity contribution in [2.24, 2.45) is 5.92 Å². The molecule has 2 heterocycles. The molecule has 2 rings (SSSR count). The van der Waals surface area contributed by atoms with Crippen LogP contribution in [0.2, 0.25) is 0 Å². The first kappa shape index (κ1) is 18.6. The van der Waals surface area contributed by atoms with E-state index in [1.165, 1.54) is 18.2 Å². The first-order chi connectivity index (χ1) is 11.3. The molecule has 0 spiro atoms. The summed E-state index contributed by atoms with van der Waals surface area (Å²) in [5.41, 5.74) is 2.30. The second-order valence-corrected chi connectivity index (χ2v) is 7.06. The van der Waals surface area contributed by atoms with Gasteiger partial charge in [-0.25, -0.2) is 9.48 Å². The van der Waals surface area contributed by atoms with Crippen molar-refractivity contribution in [2.75, 3.05) is 26.7 Å². The van der Waals surface area contributed by atoms with Crippen LogP contribution in [-0.4, -0.2) is 47.4 Å². The zero-order valence-electron chi connectivity index (χ0n) is 15.5. The number of hydrogen-bond donors (Lipinski definition) is 0. The minimum atomic E-state index is -0.662. The van der Waals surface area contributed by atoms with Gasteiger partial charge in [-0.05, 0) is 51.3 Å². The van der Waals surface area contributed by atoms with Gasteiger partial charge >= 0.3 is 5.97 Å². The van der Waals surface area contributed by atoms with Gasteiger partial charge in [0, 0.05) is 18.5 Å². The van der Waals surface area contributed by atoms with Gasteiger partial charge in [0.25, 0.3) is 5.56 Å². The molecule has 0 saturated carbocycles. The van der Waals surface area contributed by atoms with Crippen LogP contribution in [0.3, 0.4) is 0 Å². The second-order valence-electron chi connectivity index (χ2n) is 7.06. The summed E-state index contributed by atoms with van der Waals surface area (Å²) in [5, 5.41) is 4.56. The molecule has 1 aliphatic heterocycles. The average molecular weight is 335 g/mol. The van der Waals surface area contributed by atoms with Crippen LogP contribution in [0.25, 0.3) is 0 Å². The van der Waals surface area contributed by atoms with E-state index >= 15 is 0 Å². The molecule has 0 aliphatic carbocycles. The van der Waals surface area contributed by atoms with Crippen LogP contribution in [0.1, 0.15) is 49.6 Å². The molecule has 1 aliphatic rings. The van der Waals surface area contributed by atoms with Crippen molar-refractivity contribution in [2.45, 2.75) is 53.0 Å². The molecule has 0 radical (unpaired) electrons. The third kappa shape index (κ3) is 4.04. The van der Waals surface area contributed by atoms with Crippen molar-refractivity contribution in [3.8, 4) is 0 Å². The van der Waals surface area contributed by atoms with Crippen LogP contribution in [0.4, 0.5) is 0 Å². The highest BCUT2D eigenvalue weighted by Crippen LogP contribution is 2.19. The monoisotopic (exact) mass is 335 g/mol. The Morgan fingerprint density at radius 1 is 1.25 bits per heavy atom. The van der Waals surface area contributed by atoms with Gasteiger partial charge in [-0.15, -0.1) is 0 Å². The van der Waals surface area contributed by atoms with Crippen LogP contribution in [-0.2, 0) is 16.0 Å². The number of rotatable bonds is 7. The number of aromatic nitrogens is 2. The Kier molecular flexibility index (Phi) is 6.15. The van der Waals surface area contributed by atoms with Crippen LogP contribution < -0.4 is 5.56 Å². The maximum absolute atomic E-state index is 12.7. The van der Waals surface area contributed by atoms with Crippen LogP contribution in [0.15, 0.2) is 4.79 Å². The molecule has 0 bridgehead atoms.